The fraction of sp³-hybridized carbons (Fsp3) is 0.600. The monoisotopic (exact) mass is 396 g/mol. The molecule has 0 aliphatic heterocycles. The number of carbonyl (C=O) groups is 2. The molecule has 4 aliphatic rings. The van der Waals surface area contributed by atoms with Gasteiger partial charge in [-0.2, -0.15) is 0 Å². The average molecular weight is 397 g/mol. The van der Waals surface area contributed by atoms with Gasteiger partial charge in [0.25, 0.3) is 0 Å². The number of ether oxygens (including phenoxy) is 2. The summed E-state index contributed by atoms with van der Waals surface area (Å²) in [5.41, 5.74) is 3.22. The van der Waals surface area contributed by atoms with E-state index < -0.39 is 5.41 Å². The van der Waals surface area contributed by atoms with Crippen molar-refractivity contribution in [3.05, 3.63) is 34.9 Å². The van der Waals surface area contributed by atoms with E-state index in [-0.39, 0.29) is 17.4 Å². The van der Waals surface area contributed by atoms with E-state index in [1.807, 2.05) is 45.9 Å². The van der Waals surface area contributed by atoms with Crippen LogP contribution in [0.1, 0.15) is 76.0 Å². The van der Waals surface area contributed by atoms with Gasteiger partial charge in [-0.05, 0) is 107 Å². The number of esters is 2. The Morgan fingerprint density at radius 1 is 1.10 bits per heavy atom. The predicted molar refractivity (Wildman–Crippen MR) is 113 cm³/mol. The Labute approximate surface area is 173 Å². The molecule has 4 aliphatic carbocycles. The van der Waals surface area contributed by atoms with Crippen molar-refractivity contribution >= 4 is 17.5 Å². The Morgan fingerprint density at radius 3 is 2.38 bits per heavy atom. The normalized spacial score (nSPS) is 25.4. The van der Waals surface area contributed by atoms with Gasteiger partial charge in [0, 0.05) is 5.41 Å². The molecule has 0 radical (unpaired) electrons. The second-order valence-corrected chi connectivity index (χ2v) is 10.3. The second-order valence-electron chi connectivity index (χ2n) is 10.3. The minimum absolute atomic E-state index is 0.214. The van der Waals surface area contributed by atoms with Gasteiger partial charge in [-0.1, -0.05) is 6.08 Å². The van der Waals surface area contributed by atoms with Crippen molar-refractivity contribution in [2.45, 2.75) is 72.6 Å². The van der Waals surface area contributed by atoms with Gasteiger partial charge in [-0.25, -0.2) is 4.79 Å². The summed E-state index contributed by atoms with van der Waals surface area (Å²) in [7, 11) is 0. The molecule has 4 nitrogen and oxygen atoms in total. The molecule has 2 bridgehead atoms. The Bertz CT molecular complexity index is 850. The number of benzene rings is 1. The highest BCUT2D eigenvalue weighted by molar-refractivity contribution is 6.18. The third-order valence-corrected chi connectivity index (χ3v) is 6.99. The minimum atomic E-state index is -0.558. The van der Waals surface area contributed by atoms with Crippen molar-refractivity contribution < 1.29 is 19.1 Å². The molecule has 1 aromatic rings. The molecule has 3 saturated carbocycles. The number of hydrogen-bond donors (Lipinski definition) is 0. The molecule has 0 N–H and O–H groups in total. The number of hydrogen-bond acceptors (Lipinski definition) is 4. The maximum atomic E-state index is 12.9. The molecule has 0 amide bonds. The van der Waals surface area contributed by atoms with E-state index in [2.05, 4.69) is 0 Å². The van der Waals surface area contributed by atoms with Crippen molar-refractivity contribution in [2.75, 3.05) is 6.61 Å². The zero-order valence-corrected chi connectivity index (χ0v) is 18.1. The fourth-order valence-corrected chi connectivity index (χ4v) is 5.04. The van der Waals surface area contributed by atoms with E-state index in [1.165, 1.54) is 38.5 Å². The van der Waals surface area contributed by atoms with Crippen LogP contribution in [0.25, 0.3) is 5.57 Å². The Morgan fingerprint density at radius 2 is 1.76 bits per heavy atom. The topological polar surface area (TPSA) is 52.6 Å². The SMILES string of the molecule is Cc1cc(OC(=O)C(C)(C)C)cc2c1C(C(=O)OCC13CCC(CC1)CC3)=CC2. The molecule has 0 heterocycles. The summed E-state index contributed by atoms with van der Waals surface area (Å²) >= 11 is 0. The zero-order chi connectivity index (χ0) is 20.8. The first kappa shape index (κ1) is 20.2. The second kappa shape index (κ2) is 7.30. The third kappa shape index (κ3) is 3.99. The smallest absolute Gasteiger partial charge is 0.338 e. The van der Waals surface area contributed by atoms with Crippen LogP contribution in [-0.4, -0.2) is 18.5 Å². The molecule has 29 heavy (non-hydrogen) atoms. The Kier molecular flexibility index (Phi) is 5.08. The van der Waals surface area contributed by atoms with Crippen LogP contribution in [0, 0.1) is 23.7 Å². The van der Waals surface area contributed by atoms with Crippen molar-refractivity contribution in [1.29, 1.82) is 0 Å². The summed E-state index contributed by atoms with van der Waals surface area (Å²) in [5.74, 6) is 0.973. The Balaban J connectivity index is 1.45. The van der Waals surface area contributed by atoms with E-state index in [4.69, 9.17) is 9.47 Å². The molecule has 0 unspecified atom stereocenters. The minimum Gasteiger partial charge on any atom is -0.461 e. The molecule has 5 rings (SSSR count). The molecule has 4 heteroatoms. The Hall–Kier alpha value is -2.10. The first-order valence-electron chi connectivity index (χ1n) is 10.9. The summed E-state index contributed by atoms with van der Waals surface area (Å²) in [6, 6.07) is 3.72. The number of aryl methyl sites for hydroxylation is 1. The van der Waals surface area contributed by atoms with E-state index in [0.29, 0.717) is 24.4 Å². The van der Waals surface area contributed by atoms with Crippen LogP contribution in [0.15, 0.2) is 18.2 Å². The quantitative estimate of drug-likeness (QED) is 0.505. The van der Waals surface area contributed by atoms with Crippen LogP contribution in [0.4, 0.5) is 0 Å². The summed E-state index contributed by atoms with van der Waals surface area (Å²) in [5, 5.41) is 0. The predicted octanol–water partition coefficient (Wildman–Crippen LogP) is 5.40. The molecular weight excluding hydrogens is 364 g/mol. The van der Waals surface area contributed by atoms with Crippen LogP contribution >= 0.6 is 0 Å². The van der Waals surface area contributed by atoms with Crippen molar-refractivity contribution in [3.8, 4) is 5.75 Å². The first-order valence-corrected chi connectivity index (χ1v) is 10.9. The number of fused-ring (bicyclic) bond motifs is 4. The van der Waals surface area contributed by atoms with Crippen LogP contribution in [0.3, 0.4) is 0 Å². The van der Waals surface area contributed by atoms with E-state index in [0.717, 1.165) is 22.6 Å². The lowest BCUT2D eigenvalue weighted by atomic mass is 9.61. The van der Waals surface area contributed by atoms with E-state index >= 15 is 0 Å². The third-order valence-electron chi connectivity index (χ3n) is 6.99. The molecule has 156 valence electrons. The molecule has 0 spiro atoms. The van der Waals surface area contributed by atoms with Crippen molar-refractivity contribution in [1.82, 2.24) is 0 Å². The van der Waals surface area contributed by atoms with Crippen LogP contribution in [-0.2, 0) is 20.7 Å². The van der Waals surface area contributed by atoms with Crippen LogP contribution in [0.2, 0.25) is 0 Å². The number of allylic oxidation sites excluding steroid dienone is 1. The van der Waals surface area contributed by atoms with Gasteiger partial charge in [0.2, 0.25) is 0 Å². The summed E-state index contributed by atoms with van der Waals surface area (Å²) in [6.07, 6.45) is 10.1. The maximum Gasteiger partial charge on any atom is 0.338 e. The van der Waals surface area contributed by atoms with Gasteiger partial charge < -0.3 is 9.47 Å². The number of carbonyl (C=O) groups excluding carboxylic acids is 2. The standard InChI is InChI=1S/C25H32O4/c1-16-13-19(29-23(27)24(2,3)4)14-18-5-6-20(21(16)18)22(26)28-15-25-10-7-17(8-11-25)9-12-25/h6,13-14,17H,5,7-12,15H2,1-4H3. The van der Waals surface area contributed by atoms with E-state index in [1.54, 1.807) is 0 Å². The highest BCUT2D eigenvalue weighted by atomic mass is 16.5. The molecule has 0 aromatic heterocycles. The maximum absolute atomic E-state index is 12.9. The zero-order valence-electron chi connectivity index (χ0n) is 18.1. The molecule has 0 atom stereocenters. The summed E-state index contributed by atoms with van der Waals surface area (Å²) in [6.45, 7) is 8.02. The summed E-state index contributed by atoms with van der Waals surface area (Å²) in [4.78, 5) is 25.1. The van der Waals surface area contributed by atoms with Gasteiger partial charge in [0.15, 0.2) is 0 Å². The molecular formula is C25H32O4. The van der Waals surface area contributed by atoms with Gasteiger partial charge in [0.05, 0.1) is 17.6 Å². The summed E-state index contributed by atoms with van der Waals surface area (Å²) < 4.78 is 11.4. The number of rotatable bonds is 4. The average Bonchev–Trinajstić information content (AvgIpc) is 3.11. The van der Waals surface area contributed by atoms with Gasteiger partial charge in [-0.3, -0.25) is 4.79 Å². The molecule has 0 saturated heterocycles. The highest BCUT2D eigenvalue weighted by Crippen LogP contribution is 2.50. The lowest BCUT2D eigenvalue weighted by Crippen LogP contribution is -2.38. The highest BCUT2D eigenvalue weighted by Gasteiger charge is 2.41. The van der Waals surface area contributed by atoms with Crippen molar-refractivity contribution in [2.24, 2.45) is 16.7 Å². The lowest BCUT2D eigenvalue weighted by molar-refractivity contribution is -0.143. The largest absolute Gasteiger partial charge is 0.461 e. The van der Waals surface area contributed by atoms with Gasteiger partial charge >= 0.3 is 11.9 Å². The van der Waals surface area contributed by atoms with Gasteiger partial charge in [-0.15, -0.1) is 0 Å². The fourth-order valence-electron chi connectivity index (χ4n) is 5.04. The first-order chi connectivity index (χ1) is 13.7. The van der Waals surface area contributed by atoms with Crippen LogP contribution < -0.4 is 4.74 Å². The van der Waals surface area contributed by atoms with E-state index in [9.17, 15) is 9.59 Å². The molecule has 3 fully saturated rings. The van der Waals surface area contributed by atoms with Gasteiger partial charge in [0.1, 0.15) is 5.75 Å². The van der Waals surface area contributed by atoms with Crippen molar-refractivity contribution in [3.63, 3.8) is 0 Å². The molecule has 1 aromatic carbocycles. The van der Waals surface area contributed by atoms with Crippen LogP contribution in [0.5, 0.6) is 5.75 Å². The lowest BCUT2D eigenvalue weighted by Gasteiger charge is -2.46.